The fourth-order valence-corrected chi connectivity index (χ4v) is 14.5. The molecule has 0 spiro atoms. The Bertz CT molecular complexity index is 3800. The summed E-state index contributed by atoms with van der Waals surface area (Å²) < 4.78 is 0. The second-order valence-electron chi connectivity index (χ2n) is 21.8. The van der Waals surface area contributed by atoms with Gasteiger partial charge in [0.25, 0.3) is 0 Å². The topological polar surface area (TPSA) is 6.48 Å². The highest BCUT2D eigenvalue weighted by atomic mass is 15.3. The number of rotatable bonds is 8. The molecule has 2 nitrogen and oxygen atoms in total. The highest BCUT2D eigenvalue weighted by Gasteiger charge is 2.54. The van der Waals surface area contributed by atoms with Crippen molar-refractivity contribution in [2.75, 3.05) is 9.80 Å². The normalized spacial score (nSPS) is 13.5. The Balaban J connectivity index is 0.945. The number of hydrogen-bond acceptors (Lipinski definition) is 2. The molecule has 78 heavy (non-hydrogen) atoms. The molecule has 0 N–H and O–H groups in total. The van der Waals surface area contributed by atoms with Crippen LogP contribution < -0.4 is 75.4 Å². The summed E-state index contributed by atoms with van der Waals surface area (Å²) in [7, 11) is 0. The molecule has 12 aromatic rings. The van der Waals surface area contributed by atoms with E-state index in [0.29, 0.717) is 0 Å². The summed E-state index contributed by atoms with van der Waals surface area (Å²) in [5.41, 5.74) is 33.7. The molecule has 0 amide bonds. The molecule has 6 heteroatoms. The van der Waals surface area contributed by atoms with Gasteiger partial charge in [0.2, 0.25) is 26.9 Å². The molecule has 0 fully saturated rings. The highest BCUT2D eigenvalue weighted by molar-refractivity contribution is 7.05. The molecule has 0 saturated carbocycles. The molecule has 5 aliphatic heterocycles. The Hall–Kier alpha value is -9.50. The van der Waals surface area contributed by atoms with Crippen molar-refractivity contribution in [2.24, 2.45) is 0 Å². The van der Waals surface area contributed by atoms with Crippen LogP contribution in [0.25, 0.3) is 44.5 Å². The van der Waals surface area contributed by atoms with Crippen LogP contribution in [0, 0.1) is 0 Å². The lowest BCUT2D eigenvalue weighted by Gasteiger charge is -2.55. The SMILES string of the molecule is c1ccc(-c2ccc(B3c4cccc5c4N4c6c3ccc3c6N6c7c(cccc7B(c7ccc(-c8ccccc8)cc7)c7ccc(c4c76)B5c4ccc(-c5ccccc5)cc4)B3c3ccc(-c4ccccc4)cc3)cc2)cc1. The first-order valence-corrected chi connectivity index (χ1v) is 27.5. The van der Waals surface area contributed by atoms with Gasteiger partial charge in [0.1, 0.15) is 0 Å². The quantitative estimate of drug-likeness (QED) is 0.141. The second kappa shape index (κ2) is 17.0. The van der Waals surface area contributed by atoms with Crippen molar-refractivity contribution in [1.29, 1.82) is 0 Å². The summed E-state index contributed by atoms with van der Waals surface area (Å²) >= 11 is 0. The maximum atomic E-state index is 2.76. The van der Waals surface area contributed by atoms with E-state index in [1.165, 1.54) is 144 Å². The number of benzene rings is 12. The molecule has 0 bridgehead atoms. The van der Waals surface area contributed by atoms with Crippen LogP contribution in [0.2, 0.25) is 0 Å². The summed E-state index contributed by atoms with van der Waals surface area (Å²) in [6, 6.07) is 105. The monoisotopic (exact) mass is 982 g/mol. The fourth-order valence-electron chi connectivity index (χ4n) is 14.5. The Morgan fingerprint density at radius 2 is 0.346 bits per heavy atom. The zero-order valence-corrected chi connectivity index (χ0v) is 42.8. The van der Waals surface area contributed by atoms with Gasteiger partial charge in [-0.05, 0) is 88.2 Å². The molecular weight excluding hydrogens is 936 g/mol. The van der Waals surface area contributed by atoms with E-state index in [1.807, 2.05) is 0 Å². The van der Waals surface area contributed by atoms with E-state index in [9.17, 15) is 0 Å². The van der Waals surface area contributed by atoms with E-state index >= 15 is 0 Å². The smallest absolute Gasteiger partial charge is 0.246 e. The van der Waals surface area contributed by atoms with Gasteiger partial charge in [-0.3, -0.25) is 0 Å². The average molecular weight is 982 g/mol. The first-order chi connectivity index (χ1) is 38.7. The van der Waals surface area contributed by atoms with Gasteiger partial charge in [-0.15, -0.1) is 0 Å². The minimum atomic E-state index is -0.00497. The molecule has 0 aromatic heterocycles. The Morgan fingerprint density at radius 1 is 0.154 bits per heavy atom. The van der Waals surface area contributed by atoms with Crippen molar-refractivity contribution in [3.8, 4) is 44.5 Å². The lowest BCUT2D eigenvalue weighted by atomic mass is 9.27. The molecule has 0 unspecified atom stereocenters. The third kappa shape index (κ3) is 6.32. The summed E-state index contributed by atoms with van der Waals surface area (Å²) in [5.74, 6) is 0. The molecule has 0 saturated heterocycles. The molecule has 0 atom stereocenters. The largest absolute Gasteiger partial charge is 0.308 e. The van der Waals surface area contributed by atoms with Crippen LogP contribution in [0.4, 0.5) is 34.1 Å². The molecular formula is C72H46B4N2. The summed E-state index contributed by atoms with van der Waals surface area (Å²) in [6.07, 6.45) is 0. The van der Waals surface area contributed by atoms with Gasteiger partial charge < -0.3 is 9.80 Å². The van der Waals surface area contributed by atoms with Crippen LogP contribution in [-0.4, -0.2) is 26.9 Å². The third-order valence-corrected chi connectivity index (χ3v) is 17.9. The van der Waals surface area contributed by atoms with E-state index in [0.717, 1.165) is 0 Å². The van der Waals surface area contributed by atoms with Gasteiger partial charge in [0.15, 0.2) is 0 Å². The first-order valence-electron chi connectivity index (χ1n) is 27.5. The lowest BCUT2D eigenvalue weighted by Crippen LogP contribution is -2.70. The summed E-state index contributed by atoms with van der Waals surface area (Å²) in [4.78, 5) is 5.52. The van der Waals surface area contributed by atoms with Crippen LogP contribution in [0.15, 0.2) is 279 Å². The predicted octanol–water partition coefficient (Wildman–Crippen LogP) is 8.93. The summed E-state index contributed by atoms with van der Waals surface area (Å²) in [6.45, 7) is -0.0199. The van der Waals surface area contributed by atoms with Gasteiger partial charge in [0.05, 0.1) is 22.7 Å². The first kappa shape index (κ1) is 43.7. The maximum absolute atomic E-state index is 2.76. The standard InChI is InChI=1S/C72H46B4N2/c1-5-15-47(16-6-1)51-27-35-55(36-28-51)73-59-23-13-24-60-67(59)77-69-63(73)43-44-64-70(69)78-68-61(75(64)57-39-31-53(32-40-57)49-19-9-3-10-20-49)25-14-26-62(68)76(58-41-33-54(34-42-58)50-21-11-4-12-22-50)66-46-45-65(71(77)72(66)78)74(60)56-37-29-52(30-38-56)48-17-7-2-8-18-48/h1-46H. The van der Waals surface area contributed by atoms with Crippen LogP contribution >= 0.6 is 0 Å². The van der Waals surface area contributed by atoms with E-state index in [-0.39, 0.29) is 26.9 Å². The Morgan fingerprint density at radius 3 is 0.564 bits per heavy atom. The third-order valence-electron chi connectivity index (χ3n) is 17.9. The van der Waals surface area contributed by atoms with Crippen LogP contribution in [0.5, 0.6) is 0 Å². The van der Waals surface area contributed by atoms with Crippen molar-refractivity contribution >= 4 is 127 Å². The molecule has 0 radical (unpaired) electrons. The van der Waals surface area contributed by atoms with E-state index in [4.69, 9.17) is 0 Å². The van der Waals surface area contributed by atoms with Crippen LogP contribution in [-0.2, 0) is 0 Å². The van der Waals surface area contributed by atoms with Gasteiger partial charge in [-0.1, -0.05) is 301 Å². The van der Waals surface area contributed by atoms with E-state index in [2.05, 4.69) is 289 Å². The number of nitrogens with zero attached hydrogens (tertiary/aromatic N) is 2. The highest BCUT2D eigenvalue weighted by Crippen LogP contribution is 2.55. The Kier molecular flexibility index (Phi) is 9.53. The van der Waals surface area contributed by atoms with Gasteiger partial charge in [-0.2, -0.15) is 0 Å². The van der Waals surface area contributed by atoms with Gasteiger partial charge >= 0.3 is 0 Å². The van der Waals surface area contributed by atoms with Crippen molar-refractivity contribution < 1.29 is 0 Å². The van der Waals surface area contributed by atoms with Gasteiger partial charge in [0, 0.05) is 11.4 Å². The number of hydrogen-bond donors (Lipinski definition) is 0. The molecule has 0 aliphatic carbocycles. The van der Waals surface area contributed by atoms with Crippen molar-refractivity contribution in [3.63, 3.8) is 0 Å². The minimum absolute atomic E-state index is 0.00497. The molecule has 356 valence electrons. The molecule has 5 aliphatic rings. The zero-order valence-electron chi connectivity index (χ0n) is 42.8. The average Bonchev–Trinajstić information content (AvgIpc) is 3.70. The fraction of sp³-hybridized carbons (Fsp3) is 0. The molecule has 5 heterocycles. The number of anilines is 6. The van der Waals surface area contributed by atoms with Crippen LogP contribution in [0.3, 0.4) is 0 Å². The van der Waals surface area contributed by atoms with Crippen molar-refractivity contribution in [1.82, 2.24) is 0 Å². The van der Waals surface area contributed by atoms with Crippen molar-refractivity contribution in [2.45, 2.75) is 0 Å². The molecule has 17 rings (SSSR count). The maximum Gasteiger partial charge on any atom is 0.246 e. The van der Waals surface area contributed by atoms with E-state index in [1.54, 1.807) is 0 Å². The molecule has 12 aromatic carbocycles. The zero-order chi connectivity index (χ0) is 51.0. The second-order valence-corrected chi connectivity index (χ2v) is 21.8. The minimum Gasteiger partial charge on any atom is -0.308 e. The predicted molar refractivity (Wildman–Crippen MR) is 336 cm³/mol. The van der Waals surface area contributed by atoms with Crippen molar-refractivity contribution in [3.05, 3.63) is 279 Å². The lowest BCUT2D eigenvalue weighted by molar-refractivity contribution is 1.19. The van der Waals surface area contributed by atoms with E-state index < -0.39 is 0 Å². The van der Waals surface area contributed by atoms with Gasteiger partial charge in [-0.25, -0.2) is 0 Å². The number of para-hydroxylation sites is 2. The summed E-state index contributed by atoms with van der Waals surface area (Å²) in [5, 5.41) is 0. The Labute approximate surface area is 457 Å². The van der Waals surface area contributed by atoms with Crippen LogP contribution in [0.1, 0.15) is 0 Å².